The van der Waals surface area contributed by atoms with Crippen molar-refractivity contribution in [2.45, 2.75) is 20.4 Å². The van der Waals surface area contributed by atoms with E-state index in [9.17, 15) is 0 Å². The van der Waals surface area contributed by atoms with E-state index < -0.39 is 0 Å². The molecule has 0 spiro atoms. The summed E-state index contributed by atoms with van der Waals surface area (Å²) in [4.78, 5) is 2.07. The number of likely N-dealkylation sites (N-methyl/N-ethyl adjacent to an activating group) is 1. The third kappa shape index (κ3) is 4.23. The first-order valence-corrected chi connectivity index (χ1v) is 7.86. The molecule has 2 aromatic heterocycles. The average Bonchev–Trinajstić information content (AvgIpc) is 3.16. The Balaban J connectivity index is 1.48. The quantitative estimate of drug-likeness (QED) is 0.662. The highest BCUT2D eigenvalue weighted by molar-refractivity contribution is 5.42. The lowest BCUT2D eigenvalue weighted by Crippen LogP contribution is -2.24. The molecule has 1 aromatic carbocycles. The highest BCUT2D eigenvalue weighted by atomic mass is 16.5. The third-order valence-corrected chi connectivity index (χ3v) is 3.54. The first-order chi connectivity index (χ1) is 11.6. The Morgan fingerprint density at radius 2 is 1.92 bits per heavy atom. The van der Waals surface area contributed by atoms with Crippen LogP contribution in [0.25, 0.3) is 11.7 Å². The van der Waals surface area contributed by atoms with E-state index in [1.54, 1.807) is 18.4 Å². The van der Waals surface area contributed by atoms with Crippen molar-refractivity contribution in [1.29, 1.82) is 0 Å². The number of nitrogens with zero attached hydrogens (tertiary/aromatic N) is 3. The Morgan fingerprint density at radius 1 is 1.12 bits per heavy atom. The minimum atomic E-state index is 0.398. The molecule has 0 bridgehead atoms. The van der Waals surface area contributed by atoms with E-state index in [-0.39, 0.29) is 0 Å². The number of aromatic nitrogens is 2. The second kappa shape index (κ2) is 7.31. The predicted octanol–water partition coefficient (Wildman–Crippen LogP) is 3.46. The monoisotopic (exact) mass is 327 g/mol. The molecule has 0 unspecified atom stereocenters. The molecule has 24 heavy (non-hydrogen) atoms. The number of hydrogen-bond donors (Lipinski definition) is 0. The van der Waals surface area contributed by atoms with E-state index in [0.29, 0.717) is 30.7 Å². The van der Waals surface area contributed by atoms with E-state index in [1.807, 2.05) is 19.2 Å². The molecule has 0 aliphatic heterocycles. The van der Waals surface area contributed by atoms with Gasteiger partial charge in [0.15, 0.2) is 5.76 Å². The molecule has 6 nitrogen and oxygen atoms in total. The van der Waals surface area contributed by atoms with Crippen LogP contribution in [0.2, 0.25) is 0 Å². The van der Waals surface area contributed by atoms with Gasteiger partial charge < -0.3 is 13.6 Å². The van der Waals surface area contributed by atoms with Crippen molar-refractivity contribution in [1.82, 2.24) is 15.1 Å². The van der Waals surface area contributed by atoms with Crippen LogP contribution in [-0.4, -0.2) is 35.3 Å². The molecule has 0 amide bonds. The van der Waals surface area contributed by atoms with Gasteiger partial charge in [0.1, 0.15) is 12.4 Å². The van der Waals surface area contributed by atoms with Gasteiger partial charge in [-0.05, 0) is 56.3 Å². The van der Waals surface area contributed by atoms with Crippen LogP contribution >= 0.6 is 0 Å². The van der Waals surface area contributed by atoms with Crippen LogP contribution < -0.4 is 4.74 Å². The molecule has 0 radical (unpaired) electrons. The highest BCUT2D eigenvalue weighted by Gasteiger charge is 2.12. The molecule has 0 saturated heterocycles. The molecule has 0 atom stereocenters. The van der Waals surface area contributed by atoms with E-state index in [2.05, 4.69) is 35.0 Å². The lowest BCUT2D eigenvalue weighted by atomic mass is 10.1. The SMILES string of the molecule is Cc1cc(C)cc(OCCN(C)Cc2nnc(-c3ccco3)o2)c1. The van der Waals surface area contributed by atoms with E-state index in [4.69, 9.17) is 13.6 Å². The second-order valence-electron chi connectivity index (χ2n) is 5.89. The Hall–Kier alpha value is -2.60. The summed E-state index contributed by atoms with van der Waals surface area (Å²) in [6.45, 7) is 6.05. The summed E-state index contributed by atoms with van der Waals surface area (Å²) in [5.74, 6) is 2.43. The molecule has 2 heterocycles. The maximum absolute atomic E-state index is 5.82. The van der Waals surface area contributed by atoms with Crippen molar-refractivity contribution >= 4 is 0 Å². The van der Waals surface area contributed by atoms with Crippen molar-refractivity contribution in [2.75, 3.05) is 20.2 Å². The van der Waals surface area contributed by atoms with Crippen molar-refractivity contribution in [3.8, 4) is 17.4 Å². The van der Waals surface area contributed by atoms with Gasteiger partial charge in [-0.15, -0.1) is 10.2 Å². The zero-order valence-electron chi connectivity index (χ0n) is 14.2. The third-order valence-electron chi connectivity index (χ3n) is 3.54. The Labute approximate surface area is 141 Å². The molecular formula is C18H21N3O3. The Morgan fingerprint density at radius 3 is 2.62 bits per heavy atom. The van der Waals surface area contributed by atoms with Gasteiger partial charge in [-0.1, -0.05) is 6.07 Å². The first-order valence-electron chi connectivity index (χ1n) is 7.86. The summed E-state index contributed by atoms with van der Waals surface area (Å²) < 4.78 is 16.7. The van der Waals surface area contributed by atoms with Gasteiger partial charge in [-0.25, -0.2) is 0 Å². The predicted molar refractivity (Wildman–Crippen MR) is 89.7 cm³/mol. The van der Waals surface area contributed by atoms with Crippen molar-refractivity contribution in [3.63, 3.8) is 0 Å². The number of furan rings is 1. The van der Waals surface area contributed by atoms with Gasteiger partial charge in [0.2, 0.25) is 5.89 Å². The number of hydrogen-bond acceptors (Lipinski definition) is 6. The van der Waals surface area contributed by atoms with Crippen molar-refractivity contribution in [3.05, 3.63) is 53.6 Å². The largest absolute Gasteiger partial charge is 0.492 e. The van der Waals surface area contributed by atoms with Gasteiger partial charge in [0.25, 0.3) is 5.89 Å². The van der Waals surface area contributed by atoms with Crippen LogP contribution in [-0.2, 0) is 6.54 Å². The standard InChI is InChI=1S/C18H21N3O3/c1-13-9-14(2)11-15(10-13)22-8-6-21(3)12-17-19-20-18(24-17)16-5-4-7-23-16/h4-5,7,9-11H,6,8,12H2,1-3H3. The lowest BCUT2D eigenvalue weighted by molar-refractivity contribution is 0.220. The maximum atomic E-state index is 5.82. The summed E-state index contributed by atoms with van der Waals surface area (Å²) in [6, 6.07) is 9.79. The molecule has 0 aliphatic rings. The van der Waals surface area contributed by atoms with E-state index in [0.717, 1.165) is 12.3 Å². The van der Waals surface area contributed by atoms with Crippen LogP contribution in [0.3, 0.4) is 0 Å². The minimum absolute atomic E-state index is 0.398. The fourth-order valence-corrected chi connectivity index (χ4v) is 2.46. The molecule has 0 N–H and O–H groups in total. The number of aryl methyl sites for hydroxylation is 2. The van der Waals surface area contributed by atoms with Crippen LogP contribution in [0.4, 0.5) is 0 Å². The van der Waals surface area contributed by atoms with Crippen LogP contribution in [0.5, 0.6) is 5.75 Å². The summed E-state index contributed by atoms with van der Waals surface area (Å²) in [7, 11) is 1.99. The summed E-state index contributed by atoms with van der Waals surface area (Å²) in [5, 5.41) is 8.03. The normalized spacial score (nSPS) is 11.2. The van der Waals surface area contributed by atoms with Crippen molar-refractivity contribution in [2.24, 2.45) is 0 Å². The highest BCUT2D eigenvalue weighted by Crippen LogP contribution is 2.18. The minimum Gasteiger partial charge on any atom is -0.492 e. The molecule has 6 heteroatoms. The van der Waals surface area contributed by atoms with Crippen LogP contribution in [0.1, 0.15) is 17.0 Å². The summed E-state index contributed by atoms with van der Waals surface area (Å²) >= 11 is 0. The number of ether oxygens (including phenoxy) is 1. The Bertz CT molecular complexity index is 760. The molecule has 0 fully saturated rings. The topological polar surface area (TPSA) is 64.5 Å². The zero-order chi connectivity index (χ0) is 16.9. The van der Waals surface area contributed by atoms with Gasteiger partial charge >= 0.3 is 0 Å². The van der Waals surface area contributed by atoms with Crippen LogP contribution in [0, 0.1) is 13.8 Å². The lowest BCUT2D eigenvalue weighted by Gasteiger charge is -2.15. The van der Waals surface area contributed by atoms with Gasteiger partial charge in [0, 0.05) is 6.54 Å². The summed E-state index contributed by atoms with van der Waals surface area (Å²) in [6.07, 6.45) is 1.58. The number of benzene rings is 1. The van der Waals surface area contributed by atoms with E-state index >= 15 is 0 Å². The number of rotatable bonds is 7. The molecular weight excluding hydrogens is 306 g/mol. The molecule has 0 aliphatic carbocycles. The van der Waals surface area contributed by atoms with Gasteiger partial charge in [-0.3, -0.25) is 4.90 Å². The smallest absolute Gasteiger partial charge is 0.283 e. The van der Waals surface area contributed by atoms with Crippen LogP contribution in [0.15, 0.2) is 45.4 Å². The van der Waals surface area contributed by atoms with Gasteiger partial charge in [0.05, 0.1) is 12.8 Å². The summed E-state index contributed by atoms with van der Waals surface area (Å²) in [5.41, 5.74) is 2.41. The molecule has 0 saturated carbocycles. The molecule has 3 rings (SSSR count). The molecule has 3 aromatic rings. The zero-order valence-corrected chi connectivity index (χ0v) is 14.2. The molecule has 126 valence electrons. The Kier molecular flexibility index (Phi) is 4.96. The fraction of sp³-hybridized carbons (Fsp3) is 0.333. The fourth-order valence-electron chi connectivity index (χ4n) is 2.46. The van der Waals surface area contributed by atoms with Crippen molar-refractivity contribution < 1.29 is 13.6 Å². The maximum Gasteiger partial charge on any atom is 0.283 e. The van der Waals surface area contributed by atoms with E-state index in [1.165, 1.54) is 11.1 Å². The second-order valence-corrected chi connectivity index (χ2v) is 5.89. The van der Waals surface area contributed by atoms with Gasteiger partial charge in [-0.2, -0.15) is 0 Å². The first kappa shape index (κ1) is 16.3. The average molecular weight is 327 g/mol.